The summed E-state index contributed by atoms with van der Waals surface area (Å²) >= 11 is 5.28. The zero-order valence-corrected chi connectivity index (χ0v) is 12.4. The normalized spacial score (nSPS) is 10.9. The van der Waals surface area contributed by atoms with Gasteiger partial charge in [-0.25, -0.2) is 0 Å². The lowest BCUT2D eigenvalue weighted by atomic mass is 10.4. The first kappa shape index (κ1) is 13.8. The third-order valence-corrected chi connectivity index (χ3v) is 4.37. The van der Waals surface area contributed by atoms with Gasteiger partial charge in [-0.1, -0.05) is 0 Å². The molecule has 0 radical (unpaired) electrons. The highest BCUT2D eigenvalue weighted by Crippen LogP contribution is 2.21. The van der Waals surface area contributed by atoms with Gasteiger partial charge in [0, 0.05) is 22.5 Å². The van der Waals surface area contributed by atoms with Crippen LogP contribution in [0.5, 0.6) is 0 Å². The van der Waals surface area contributed by atoms with Crippen molar-refractivity contribution in [2.24, 2.45) is 0 Å². The fraction of sp³-hybridized carbons (Fsp3) is 0.385. The SMILES string of the molecule is Brc1ccsc1CNCCCOCc1ccco1. The largest absolute Gasteiger partial charge is 0.467 e. The summed E-state index contributed by atoms with van der Waals surface area (Å²) in [7, 11) is 0. The third kappa shape index (κ3) is 4.57. The molecule has 2 heterocycles. The molecule has 0 fully saturated rings. The summed E-state index contributed by atoms with van der Waals surface area (Å²) in [4.78, 5) is 1.34. The lowest BCUT2D eigenvalue weighted by molar-refractivity contribution is 0.104. The van der Waals surface area contributed by atoms with E-state index >= 15 is 0 Å². The minimum absolute atomic E-state index is 0.559. The number of thiophene rings is 1. The molecule has 0 atom stereocenters. The summed E-state index contributed by atoms with van der Waals surface area (Å²) in [6.07, 6.45) is 2.67. The predicted molar refractivity (Wildman–Crippen MR) is 76.7 cm³/mol. The van der Waals surface area contributed by atoms with Gasteiger partial charge >= 0.3 is 0 Å². The van der Waals surface area contributed by atoms with Crippen molar-refractivity contribution >= 4 is 27.3 Å². The Morgan fingerprint density at radius 1 is 1.39 bits per heavy atom. The van der Waals surface area contributed by atoms with E-state index in [1.807, 2.05) is 12.1 Å². The standard InChI is InChI=1S/C13H16BrNO2S/c14-12-4-8-18-13(12)9-15-5-2-6-16-10-11-3-1-7-17-11/h1,3-4,7-8,15H,2,5-6,9-10H2. The van der Waals surface area contributed by atoms with Crippen molar-refractivity contribution in [3.05, 3.63) is 45.0 Å². The highest BCUT2D eigenvalue weighted by molar-refractivity contribution is 9.10. The Balaban J connectivity index is 1.48. The molecule has 3 nitrogen and oxygen atoms in total. The quantitative estimate of drug-likeness (QED) is 0.748. The molecule has 0 aliphatic heterocycles. The average molecular weight is 330 g/mol. The maximum Gasteiger partial charge on any atom is 0.129 e. The first-order valence-electron chi connectivity index (χ1n) is 5.89. The smallest absolute Gasteiger partial charge is 0.129 e. The van der Waals surface area contributed by atoms with Crippen molar-refractivity contribution in [2.45, 2.75) is 19.6 Å². The van der Waals surface area contributed by atoms with Crippen LogP contribution in [0.2, 0.25) is 0 Å². The van der Waals surface area contributed by atoms with E-state index in [-0.39, 0.29) is 0 Å². The summed E-state index contributed by atoms with van der Waals surface area (Å²) in [5.41, 5.74) is 0. The first-order valence-corrected chi connectivity index (χ1v) is 7.56. The molecule has 0 spiro atoms. The summed E-state index contributed by atoms with van der Waals surface area (Å²) in [5.74, 6) is 0.880. The Labute approximate surface area is 119 Å². The topological polar surface area (TPSA) is 34.4 Å². The van der Waals surface area contributed by atoms with Crippen LogP contribution in [0.15, 0.2) is 38.7 Å². The Morgan fingerprint density at radius 2 is 2.33 bits per heavy atom. The molecule has 2 aromatic heterocycles. The van der Waals surface area contributed by atoms with Gasteiger partial charge in [-0.2, -0.15) is 0 Å². The number of ether oxygens (including phenoxy) is 1. The summed E-state index contributed by atoms with van der Waals surface area (Å²) in [6, 6.07) is 5.87. The van der Waals surface area contributed by atoms with Crippen LogP contribution in [-0.2, 0) is 17.9 Å². The van der Waals surface area contributed by atoms with Crippen molar-refractivity contribution in [2.75, 3.05) is 13.2 Å². The molecule has 0 aliphatic carbocycles. The molecule has 98 valence electrons. The van der Waals surface area contributed by atoms with Crippen molar-refractivity contribution < 1.29 is 9.15 Å². The molecule has 0 aromatic carbocycles. The van der Waals surface area contributed by atoms with Crippen LogP contribution < -0.4 is 5.32 Å². The van der Waals surface area contributed by atoms with Gasteiger partial charge in [-0.3, -0.25) is 0 Å². The Kier molecular flexibility index (Phi) is 5.93. The van der Waals surface area contributed by atoms with Crippen LogP contribution in [0.3, 0.4) is 0 Å². The molecule has 18 heavy (non-hydrogen) atoms. The zero-order valence-electron chi connectivity index (χ0n) is 10.0. The summed E-state index contributed by atoms with van der Waals surface area (Å²) < 4.78 is 11.9. The number of halogens is 1. The molecule has 0 aliphatic rings. The van der Waals surface area contributed by atoms with Crippen molar-refractivity contribution in [3.63, 3.8) is 0 Å². The van der Waals surface area contributed by atoms with E-state index in [4.69, 9.17) is 9.15 Å². The van der Waals surface area contributed by atoms with Gasteiger partial charge in [-0.15, -0.1) is 11.3 Å². The molecule has 0 saturated carbocycles. The Hall–Kier alpha value is -0.620. The second-order valence-electron chi connectivity index (χ2n) is 3.85. The van der Waals surface area contributed by atoms with Crippen molar-refractivity contribution in [1.29, 1.82) is 0 Å². The second kappa shape index (κ2) is 7.74. The van der Waals surface area contributed by atoms with Crippen LogP contribution in [0.1, 0.15) is 17.1 Å². The van der Waals surface area contributed by atoms with Gasteiger partial charge in [0.05, 0.1) is 6.26 Å². The van der Waals surface area contributed by atoms with Gasteiger partial charge in [0.25, 0.3) is 0 Å². The van der Waals surface area contributed by atoms with Gasteiger partial charge in [0.15, 0.2) is 0 Å². The molecule has 5 heteroatoms. The number of rotatable bonds is 8. The summed E-state index contributed by atoms with van der Waals surface area (Å²) in [6.45, 7) is 3.18. The van der Waals surface area contributed by atoms with E-state index in [2.05, 4.69) is 32.7 Å². The minimum Gasteiger partial charge on any atom is -0.467 e. The molecule has 0 unspecified atom stereocenters. The van der Waals surface area contributed by atoms with E-state index in [9.17, 15) is 0 Å². The molecule has 2 aromatic rings. The van der Waals surface area contributed by atoms with E-state index in [1.54, 1.807) is 17.6 Å². The van der Waals surface area contributed by atoms with Gasteiger partial charge in [0.1, 0.15) is 12.4 Å². The van der Waals surface area contributed by atoms with Crippen LogP contribution in [0.4, 0.5) is 0 Å². The maximum absolute atomic E-state index is 5.50. The van der Waals surface area contributed by atoms with Crippen LogP contribution >= 0.6 is 27.3 Å². The van der Waals surface area contributed by atoms with Crippen LogP contribution in [0.25, 0.3) is 0 Å². The van der Waals surface area contributed by atoms with E-state index in [0.29, 0.717) is 6.61 Å². The monoisotopic (exact) mass is 329 g/mol. The highest BCUT2D eigenvalue weighted by Gasteiger charge is 2.00. The van der Waals surface area contributed by atoms with E-state index < -0.39 is 0 Å². The van der Waals surface area contributed by atoms with Crippen LogP contribution in [0, 0.1) is 0 Å². The lowest BCUT2D eigenvalue weighted by Crippen LogP contribution is -2.15. The fourth-order valence-electron chi connectivity index (χ4n) is 1.52. The average Bonchev–Trinajstić information content (AvgIpc) is 3.00. The van der Waals surface area contributed by atoms with Gasteiger partial charge in [-0.05, 0) is 52.5 Å². The summed E-state index contributed by atoms with van der Waals surface area (Å²) in [5, 5.41) is 5.49. The zero-order chi connectivity index (χ0) is 12.6. The molecule has 1 N–H and O–H groups in total. The molecule has 0 amide bonds. The molecule has 0 saturated heterocycles. The van der Waals surface area contributed by atoms with Crippen LogP contribution in [-0.4, -0.2) is 13.2 Å². The number of hydrogen-bond acceptors (Lipinski definition) is 4. The number of nitrogens with one attached hydrogen (secondary N) is 1. The van der Waals surface area contributed by atoms with E-state index in [0.717, 1.165) is 31.9 Å². The number of hydrogen-bond donors (Lipinski definition) is 1. The van der Waals surface area contributed by atoms with E-state index in [1.165, 1.54) is 9.35 Å². The van der Waals surface area contributed by atoms with Crippen molar-refractivity contribution in [3.8, 4) is 0 Å². The molecule has 0 bridgehead atoms. The molecular weight excluding hydrogens is 314 g/mol. The molecule has 2 rings (SSSR count). The second-order valence-corrected chi connectivity index (χ2v) is 5.71. The first-order chi connectivity index (χ1) is 8.86. The van der Waals surface area contributed by atoms with Gasteiger partial charge in [0.2, 0.25) is 0 Å². The minimum atomic E-state index is 0.559. The Bertz CT molecular complexity index is 442. The maximum atomic E-state index is 5.50. The third-order valence-electron chi connectivity index (χ3n) is 2.44. The number of furan rings is 1. The highest BCUT2D eigenvalue weighted by atomic mass is 79.9. The molecular formula is C13H16BrNO2S. The Morgan fingerprint density at radius 3 is 3.06 bits per heavy atom. The lowest BCUT2D eigenvalue weighted by Gasteiger charge is -2.04. The van der Waals surface area contributed by atoms with Gasteiger partial charge < -0.3 is 14.5 Å². The van der Waals surface area contributed by atoms with Crippen molar-refractivity contribution in [1.82, 2.24) is 5.32 Å². The fourth-order valence-corrected chi connectivity index (χ4v) is 2.98. The predicted octanol–water partition coefficient (Wildman–Crippen LogP) is 3.80.